The van der Waals surface area contributed by atoms with E-state index in [0.29, 0.717) is 6.54 Å². The fourth-order valence-electron chi connectivity index (χ4n) is 1.65. The zero-order chi connectivity index (χ0) is 9.68. The van der Waals surface area contributed by atoms with Gasteiger partial charge in [0.15, 0.2) is 0 Å². The first kappa shape index (κ1) is 10.5. The number of nitrogens with zero attached hydrogens (tertiary/aromatic N) is 1. The highest BCUT2D eigenvalue weighted by molar-refractivity contribution is 5.75. The van der Waals surface area contributed by atoms with E-state index in [0.717, 1.165) is 13.1 Å². The lowest BCUT2D eigenvalue weighted by Gasteiger charge is -2.27. The standard InChI is InChI=1S/C9H18N2O2/c1-13-9(12)8(10)7-11-5-3-2-4-6-11/h8H,2-7,10H2,1H3. The minimum atomic E-state index is -0.483. The number of esters is 1. The largest absolute Gasteiger partial charge is 0.468 e. The Morgan fingerprint density at radius 1 is 1.46 bits per heavy atom. The molecule has 4 nitrogen and oxygen atoms in total. The Morgan fingerprint density at radius 3 is 2.62 bits per heavy atom. The molecule has 0 saturated carbocycles. The Balaban J connectivity index is 2.25. The highest BCUT2D eigenvalue weighted by Gasteiger charge is 2.19. The molecule has 0 bridgehead atoms. The van der Waals surface area contributed by atoms with Crippen molar-refractivity contribution in [3.63, 3.8) is 0 Å². The summed E-state index contributed by atoms with van der Waals surface area (Å²) >= 11 is 0. The fraction of sp³-hybridized carbons (Fsp3) is 0.889. The zero-order valence-corrected chi connectivity index (χ0v) is 8.16. The van der Waals surface area contributed by atoms with Crippen molar-refractivity contribution in [1.82, 2.24) is 4.90 Å². The predicted molar refractivity (Wildman–Crippen MR) is 50.3 cm³/mol. The molecule has 0 aromatic rings. The van der Waals surface area contributed by atoms with Crippen LogP contribution in [0.1, 0.15) is 19.3 Å². The molecule has 1 atom stereocenters. The number of carbonyl (C=O) groups excluding carboxylic acids is 1. The smallest absolute Gasteiger partial charge is 0.323 e. The van der Waals surface area contributed by atoms with Gasteiger partial charge >= 0.3 is 5.97 Å². The number of hydrogen-bond donors (Lipinski definition) is 1. The third kappa shape index (κ3) is 3.32. The van der Waals surface area contributed by atoms with Crippen molar-refractivity contribution < 1.29 is 9.53 Å². The van der Waals surface area contributed by atoms with Gasteiger partial charge in [0.25, 0.3) is 0 Å². The van der Waals surface area contributed by atoms with Crippen molar-refractivity contribution in [2.24, 2.45) is 5.73 Å². The van der Waals surface area contributed by atoms with E-state index in [1.165, 1.54) is 26.4 Å². The van der Waals surface area contributed by atoms with Crippen LogP contribution in [0.4, 0.5) is 0 Å². The van der Waals surface area contributed by atoms with Gasteiger partial charge in [0.2, 0.25) is 0 Å². The molecule has 0 spiro atoms. The highest BCUT2D eigenvalue weighted by Crippen LogP contribution is 2.08. The Morgan fingerprint density at radius 2 is 2.08 bits per heavy atom. The summed E-state index contributed by atoms with van der Waals surface area (Å²) in [6.45, 7) is 2.75. The lowest BCUT2D eigenvalue weighted by Crippen LogP contribution is -2.45. The minimum Gasteiger partial charge on any atom is -0.468 e. The Hall–Kier alpha value is -0.610. The third-order valence-corrected chi connectivity index (χ3v) is 2.41. The Kier molecular flexibility index (Phi) is 4.18. The maximum absolute atomic E-state index is 11.0. The first-order valence-electron chi connectivity index (χ1n) is 4.80. The molecule has 1 heterocycles. The number of methoxy groups -OCH3 is 1. The van der Waals surface area contributed by atoms with Gasteiger partial charge in [-0.25, -0.2) is 0 Å². The van der Waals surface area contributed by atoms with Gasteiger partial charge in [-0.3, -0.25) is 4.79 Å². The summed E-state index contributed by atoms with van der Waals surface area (Å²) in [4.78, 5) is 13.2. The predicted octanol–water partition coefficient (Wildman–Crippen LogP) is -0.0274. The normalized spacial score (nSPS) is 21.1. The molecular weight excluding hydrogens is 168 g/mol. The van der Waals surface area contributed by atoms with E-state index < -0.39 is 6.04 Å². The number of carbonyl (C=O) groups is 1. The molecule has 1 fully saturated rings. The van der Waals surface area contributed by atoms with Crippen LogP contribution in [0.3, 0.4) is 0 Å². The molecule has 1 saturated heterocycles. The number of hydrogen-bond acceptors (Lipinski definition) is 4. The lowest BCUT2D eigenvalue weighted by molar-refractivity contribution is -0.142. The molecule has 0 aromatic heterocycles. The molecule has 0 radical (unpaired) electrons. The van der Waals surface area contributed by atoms with E-state index in [-0.39, 0.29) is 5.97 Å². The maximum Gasteiger partial charge on any atom is 0.323 e. The molecule has 0 amide bonds. The van der Waals surface area contributed by atoms with E-state index in [1.54, 1.807) is 0 Å². The number of ether oxygens (including phenoxy) is 1. The second-order valence-corrected chi connectivity index (χ2v) is 3.49. The van der Waals surface area contributed by atoms with Crippen LogP contribution in [0, 0.1) is 0 Å². The average Bonchev–Trinajstić information content (AvgIpc) is 2.18. The summed E-state index contributed by atoms with van der Waals surface area (Å²) in [7, 11) is 1.37. The lowest BCUT2D eigenvalue weighted by atomic mass is 10.1. The topological polar surface area (TPSA) is 55.6 Å². The molecule has 1 aliphatic heterocycles. The molecule has 4 heteroatoms. The van der Waals surface area contributed by atoms with E-state index in [4.69, 9.17) is 5.73 Å². The van der Waals surface area contributed by atoms with E-state index in [9.17, 15) is 4.79 Å². The molecule has 0 aliphatic carbocycles. The van der Waals surface area contributed by atoms with E-state index >= 15 is 0 Å². The SMILES string of the molecule is COC(=O)C(N)CN1CCCCC1. The van der Waals surface area contributed by atoms with Gasteiger partial charge in [-0.15, -0.1) is 0 Å². The van der Waals surface area contributed by atoms with Crippen molar-refractivity contribution >= 4 is 5.97 Å². The average molecular weight is 186 g/mol. The van der Waals surface area contributed by atoms with Crippen LogP contribution in [0.2, 0.25) is 0 Å². The van der Waals surface area contributed by atoms with Crippen LogP contribution in [-0.2, 0) is 9.53 Å². The summed E-state index contributed by atoms with van der Waals surface area (Å²) in [5.74, 6) is -0.314. The molecular formula is C9H18N2O2. The summed E-state index contributed by atoms with van der Waals surface area (Å²) in [5.41, 5.74) is 5.64. The second-order valence-electron chi connectivity index (χ2n) is 3.49. The quantitative estimate of drug-likeness (QED) is 0.629. The minimum absolute atomic E-state index is 0.314. The summed E-state index contributed by atoms with van der Waals surface area (Å²) < 4.78 is 4.56. The van der Waals surface area contributed by atoms with Gasteiger partial charge < -0.3 is 15.4 Å². The maximum atomic E-state index is 11.0. The Bertz CT molecular complexity index is 167. The molecule has 1 rings (SSSR count). The summed E-state index contributed by atoms with van der Waals surface area (Å²) in [5, 5.41) is 0. The molecule has 76 valence electrons. The van der Waals surface area contributed by atoms with Gasteiger partial charge in [-0.05, 0) is 25.9 Å². The number of nitrogens with two attached hydrogens (primary N) is 1. The summed E-state index contributed by atoms with van der Waals surface area (Å²) in [6.07, 6.45) is 3.73. The van der Waals surface area contributed by atoms with Crippen LogP contribution in [0.5, 0.6) is 0 Å². The highest BCUT2D eigenvalue weighted by atomic mass is 16.5. The van der Waals surface area contributed by atoms with Gasteiger partial charge in [-0.2, -0.15) is 0 Å². The molecule has 2 N–H and O–H groups in total. The van der Waals surface area contributed by atoms with Crippen molar-refractivity contribution in [1.29, 1.82) is 0 Å². The third-order valence-electron chi connectivity index (χ3n) is 2.41. The van der Waals surface area contributed by atoms with Crippen molar-refractivity contribution in [2.75, 3.05) is 26.7 Å². The van der Waals surface area contributed by atoms with Crippen molar-refractivity contribution in [2.45, 2.75) is 25.3 Å². The number of rotatable bonds is 3. The zero-order valence-electron chi connectivity index (χ0n) is 8.16. The van der Waals surface area contributed by atoms with Crippen LogP contribution >= 0.6 is 0 Å². The first-order valence-corrected chi connectivity index (χ1v) is 4.80. The van der Waals surface area contributed by atoms with Crippen LogP contribution < -0.4 is 5.73 Å². The number of piperidine rings is 1. The summed E-state index contributed by atoms with van der Waals surface area (Å²) in [6, 6.07) is -0.483. The van der Waals surface area contributed by atoms with E-state index in [1.807, 2.05) is 0 Å². The van der Waals surface area contributed by atoms with Gasteiger partial charge in [0.1, 0.15) is 6.04 Å². The molecule has 1 unspecified atom stereocenters. The van der Waals surface area contributed by atoms with Gasteiger partial charge in [0.05, 0.1) is 7.11 Å². The van der Waals surface area contributed by atoms with Crippen LogP contribution in [-0.4, -0.2) is 43.7 Å². The molecule has 13 heavy (non-hydrogen) atoms. The Labute approximate surface area is 79.0 Å². The van der Waals surface area contributed by atoms with Crippen molar-refractivity contribution in [3.8, 4) is 0 Å². The van der Waals surface area contributed by atoms with Crippen molar-refractivity contribution in [3.05, 3.63) is 0 Å². The molecule has 1 aliphatic rings. The van der Waals surface area contributed by atoms with Crippen LogP contribution in [0.15, 0.2) is 0 Å². The second kappa shape index (κ2) is 5.19. The van der Waals surface area contributed by atoms with Crippen LogP contribution in [0.25, 0.3) is 0 Å². The van der Waals surface area contributed by atoms with E-state index in [2.05, 4.69) is 9.64 Å². The van der Waals surface area contributed by atoms with Gasteiger partial charge in [-0.1, -0.05) is 6.42 Å². The van der Waals surface area contributed by atoms with Gasteiger partial charge in [0, 0.05) is 6.54 Å². The fourth-order valence-corrected chi connectivity index (χ4v) is 1.65. The number of likely N-dealkylation sites (tertiary alicyclic amines) is 1. The monoisotopic (exact) mass is 186 g/mol. The molecule has 0 aromatic carbocycles. The first-order chi connectivity index (χ1) is 6.24.